The Bertz CT molecular complexity index is 1450. The molecule has 0 saturated heterocycles. The van der Waals surface area contributed by atoms with E-state index in [4.69, 9.17) is 16.3 Å². The molecule has 38 heavy (non-hydrogen) atoms. The molecule has 2 heterocycles. The lowest BCUT2D eigenvalue weighted by Gasteiger charge is -2.13. The fourth-order valence-electron chi connectivity index (χ4n) is 3.70. The summed E-state index contributed by atoms with van der Waals surface area (Å²) in [6.07, 6.45) is 1.76. The molecule has 0 spiro atoms. The molecule has 0 radical (unpaired) electrons. The number of halogens is 1. The number of allylic oxidation sites excluding steroid dienone is 1. The molecule has 11 heteroatoms. The topological polar surface area (TPSA) is 89.3 Å². The van der Waals surface area contributed by atoms with E-state index >= 15 is 0 Å². The van der Waals surface area contributed by atoms with Gasteiger partial charge in [-0.25, -0.2) is 4.79 Å². The molecule has 0 bridgehead atoms. The van der Waals surface area contributed by atoms with Crippen molar-refractivity contribution in [1.29, 1.82) is 0 Å². The Morgan fingerprint density at radius 1 is 1.13 bits per heavy atom. The zero-order valence-corrected chi connectivity index (χ0v) is 23.5. The van der Waals surface area contributed by atoms with Crippen molar-refractivity contribution < 1.29 is 14.3 Å². The van der Waals surface area contributed by atoms with Gasteiger partial charge in [-0.1, -0.05) is 41.6 Å². The largest absolute Gasteiger partial charge is 0.465 e. The van der Waals surface area contributed by atoms with Crippen LogP contribution < -0.4 is 10.2 Å². The SMILES string of the molecule is C=CCn1c(SCC(=O)Nc2scc(-c3ccc(Cl)cc3)c2C(=O)OC)nnc1-c1ccc(N(C)C)cc1. The minimum absolute atomic E-state index is 0.0730. The number of thiophene rings is 1. The van der Waals surface area contributed by atoms with E-state index in [0.717, 1.165) is 16.8 Å². The zero-order valence-electron chi connectivity index (χ0n) is 21.1. The van der Waals surface area contributed by atoms with Crippen molar-refractivity contribution in [3.63, 3.8) is 0 Å². The number of hydrogen-bond acceptors (Lipinski definition) is 8. The number of carbonyl (C=O) groups is 2. The van der Waals surface area contributed by atoms with Gasteiger partial charge in [0.05, 0.1) is 12.9 Å². The summed E-state index contributed by atoms with van der Waals surface area (Å²) in [4.78, 5) is 27.5. The maximum atomic E-state index is 12.9. The predicted octanol–water partition coefficient (Wildman–Crippen LogP) is 6.10. The van der Waals surface area contributed by atoms with Crippen molar-refractivity contribution in [1.82, 2.24) is 14.8 Å². The van der Waals surface area contributed by atoms with Gasteiger partial charge >= 0.3 is 5.97 Å². The number of hydrogen-bond donors (Lipinski definition) is 1. The average molecular weight is 568 g/mol. The molecule has 0 fully saturated rings. The molecule has 1 N–H and O–H groups in total. The van der Waals surface area contributed by atoms with Crippen LogP contribution in [0.1, 0.15) is 10.4 Å². The van der Waals surface area contributed by atoms with Gasteiger partial charge in [0.25, 0.3) is 0 Å². The smallest absolute Gasteiger partial charge is 0.341 e. The monoisotopic (exact) mass is 567 g/mol. The van der Waals surface area contributed by atoms with Crippen LogP contribution in [0.3, 0.4) is 0 Å². The van der Waals surface area contributed by atoms with Crippen molar-refractivity contribution in [2.45, 2.75) is 11.7 Å². The van der Waals surface area contributed by atoms with Crippen molar-refractivity contribution in [3.05, 3.63) is 77.2 Å². The highest BCUT2D eigenvalue weighted by molar-refractivity contribution is 7.99. The van der Waals surface area contributed by atoms with Gasteiger partial charge in [-0.3, -0.25) is 9.36 Å². The van der Waals surface area contributed by atoms with Crippen LogP contribution in [-0.4, -0.2) is 53.6 Å². The van der Waals surface area contributed by atoms with Gasteiger partial charge in [0.2, 0.25) is 5.91 Å². The maximum absolute atomic E-state index is 12.9. The number of thioether (sulfide) groups is 1. The summed E-state index contributed by atoms with van der Waals surface area (Å²) >= 11 is 8.52. The van der Waals surface area contributed by atoms with E-state index in [-0.39, 0.29) is 11.7 Å². The Balaban J connectivity index is 1.51. The van der Waals surface area contributed by atoms with Crippen molar-refractivity contribution >= 4 is 57.3 Å². The Morgan fingerprint density at radius 2 is 1.82 bits per heavy atom. The van der Waals surface area contributed by atoms with Crippen molar-refractivity contribution in [2.24, 2.45) is 0 Å². The third-order valence-corrected chi connectivity index (χ3v) is 7.71. The van der Waals surface area contributed by atoms with Crippen LogP contribution in [0.25, 0.3) is 22.5 Å². The summed E-state index contributed by atoms with van der Waals surface area (Å²) in [6, 6.07) is 15.1. The summed E-state index contributed by atoms with van der Waals surface area (Å²) in [5.41, 5.74) is 3.75. The van der Waals surface area contributed by atoms with E-state index in [1.807, 2.05) is 65.3 Å². The number of benzene rings is 2. The molecule has 2 aromatic heterocycles. The van der Waals surface area contributed by atoms with E-state index in [1.54, 1.807) is 18.2 Å². The third-order valence-electron chi connectivity index (χ3n) is 5.59. The second-order valence-corrected chi connectivity index (χ2v) is 10.6. The van der Waals surface area contributed by atoms with Gasteiger partial charge in [0, 0.05) is 47.9 Å². The molecule has 0 unspecified atom stereocenters. The molecule has 196 valence electrons. The Labute approximate surface area is 234 Å². The number of ether oxygens (including phenoxy) is 1. The number of aromatic nitrogens is 3. The second-order valence-electron chi connectivity index (χ2n) is 8.34. The Morgan fingerprint density at radius 3 is 2.45 bits per heavy atom. The molecule has 0 atom stereocenters. The van der Waals surface area contributed by atoms with E-state index in [1.165, 1.54) is 30.2 Å². The maximum Gasteiger partial charge on any atom is 0.341 e. The van der Waals surface area contributed by atoms with Gasteiger partial charge < -0.3 is 15.0 Å². The summed E-state index contributed by atoms with van der Waals surface area (Å²) in [7, 11) is 5.28. The minimum Gasteiger partial charge on any atom is -0.465 e. The molecule has 0 aliphatic rings. The molecule has 8 nitrogen and oxygen atoms in total. The van der Waals surface area contributed by atoms with Gasteiger partial charge in [-0.15, -0.1) is 28.1 Å². The molecule has 0 aliphatic heterocycles. The van der Waals surface area contributed by atoms with E-state index in [9.17, 15) is 9.59 Å². The summed E-state index contributed by atoms with van der Waals surface area (Å²) in [5, 5.41) is 14.9. The van der Waals surface area contributed by atoms with Crippen LogP contribution in [-0.2, 0) is 16.1 Å². The molecule has 1 amide bonds. The highest BCUT2D eigenvalue weighted by Gasteiger charge is 2.23. The molecule has 0 saturated carbocycles. The van der Waals surface area contributed by atoms with Crippen molar-refractivity contribution in [3.8, 4) is 22.5 Å². The summed E-state index contributed by atoms with van der Waals surface area (Å²) < 4.78 is 6.91. The Hall–Kier alpha value is -3.60. The number of amides is 1. The number of carbonyl (C=O) groups excluding carboxylic acids is 2. The van der Waals surface area contributed by atoms with Crippen LogP contribution in [0.2, 0.25) is 5.02 Å². The minimum atomic E-state index is -0.533. The van der Waals surface area contributed by atoms with E-state index in [0.29, 0.717) is 38.7 Å². The van der Waals surface area contributed by atoms with Crippen molar-refractivity contribution in [2.75, 3.05) is 37.2 Å². The number of esters is 1. The molecular weight excluding hydrogens is 542 g/mol. The van der Waals surface area contributed by atoms with Gasteiger partial charge in [-0.2, -0.15) is 0 Å². The lowest BCUT2D eigenvalue weighted by atomic mass is 10.0. The van der Waals surface area contributed by atoms with Gasteiger partial charge in [-0.05, 0) is 42.0 Å². The first-order chi connectivity index (χ1) is 18.3. The molecule has 2 aromatic carbocycles. The number of methoxy groups -OCH3 is 1. The standard InChI is InChI=1S/C27H26ClN5O3S2/c1-5-14-33-24(18-8-12-20(13-9-18)32(2)3)30-31-27(33)38-16-22(34)29-25-23(26(35)36-4)21(15-37-25)17-6-10-19(28)11-7-17/h5-13,15H,1,14,16H2,2-4H3,(H,29,34). The van der Waals surface area contributed by atoms with Crippen LogP contribution in [0.5, 0.6) is 0 Å². The molecule has 0 aliphatic carbocycles. The first kappa shape index (κ1) is 27.4. The normalized spacial score (nSPS) is 10.7. The highest BCUT2D eigenvalue weighted by atomic mass is 35.5. The first-order valence-corrected chi connectivity index (χ1v) is 13.8. The molecule has 4 rings (SSSR count). The quantitative estimate of drug-likeness (QED) is 0.141. The third kappa shape index (κ3) is 6.09. The number of rotatable bonds is 10. The van der Waals surface area contributed by atoms with E-state index < -0.39 is 5.97 Å². The second kappa shape index (κ2) is 12.3. The predicted molar refractivity (Wildman–Crippen MR) is 155 cm³/mol. The van der Waals surface area contributed by atoms with Gasteiger partial charge in [0.1, 0.15) is 10.6 Å². The average Bonchev–Trinajstić information content (AvgIpc) is 3.52. The lowest BCUT2D eigenvalue weighted by Crippen LogP contribution is -2.16. The number of nitrogens with one attached hydrogen (secondary N) is 1. The van der Waals surface area contributed by atoms with Crippen LogP contribution in [0, 0.1) is 0 Å². The van der Waals surface area contributed by atoms with Gasteiger partial charge in [0.15, 0.2) is 11.0 Å². The fraction of sp³-hybridized carbons (Fsp3) is 0.185. The summed E-state index contributed by atoms with van der Waals surface area (Å²) in [6.45, 7) is 4.33. The first-order valence-electron chi connectivity index (χ1n) is 11.5. The highest BCUT2D eigenvalue weighted by Crippen LogP contribution is 2.37. The number of nitrogens with zero attached hydrogens (tertiary/aromatic N) is 4. The van der Waals surface area contributed by atoms with Crippen LogP contribution >= 0.6 is 34.7 Å². The fourth-order valence-corrected chi connectivity index (χ4v) is 5.55. The van der Waals surface area contributed by atoms with Crippen LogP contribution in [0.15, 0.2) is 71.7 Å². The Kier molecular flexibility index (Phi) is 8.88. The van der Waals surface area contributed by atoms with E-state index in [2.05, 4.69) is 22.1 Å². The summed E-state index contributed by atoms with van der Waals surface area (Å²) in [5.74, 6) is -0.0506. The number of anilines is 2. The van der Waals surface area contributed by atoms with Crippen LogP contribution in [0.4, 0.5) is 10.7 Å². The zero-order chi connectivity index (χ0) is 27.2. The molecule has 4 aromatic rings. The lowest BCUT2D eigenvalue weighted by molar-refractivity contribution is -0.113. The molecular formula is C27H26ClN5O3S2.